The Balaban J connectivity index is 1.87. The lowest BCUT2D eigenvalue weighted by atomic mass is 9.94. The number of benzene rings is 1. The van der Waals surface area contributed by atoms with Crippen LogP contribution in [0.4, 0.5) is 0 Å². The van der Waals surface area contributed by atoms with E-state index in [4.69, 9.17) is 9.47 Å². The minimum Gasteiger partial charge on any atom is -0.493 e. The van der Waals surface area contributed by atoms with Crippen LogP contribution in [-0.2, 0) is 4.74 Å². The Bertz CT molecular complexity index is 361. The molecule has 0 spiro atoms. The number of hydrogen-bond acceptors (Lipinski definition) is 3. The summed E-state index contributed by atoms with van der Waals surface area (Å²) in [6, 6.07) is 8.83. The van der Waals surface area contributed by atoms with Gasteiger partial charge in [0.1, 0.15) is 5.75 Å². The molecule has 0 amide bonds. The van der Waals surface area contributed by atoms with Crippen molar-refractivity contribution in [1.29, 1.82) is 0 Å². The molecule has 3 heteroatoms. The summed E-state index contributed by atoms with van der Waals surface area (Å²) in [5, 5.41) is 3.47. The molecule has 1 aliphatic heterocycles. The van der Waals surface area contributed by atoms with Gasteiger partial charge in [-0.2, -0.15) is 0 Å². The molecule has 2 atom stereocenters. The smallest absolute Gasteiger partial charge is 0.122 e. The number of ether oxygens (including phenoxy) is 2. The minimum atomic E-state index is 0.452. The quantitative estimate of drug-likeness (QED) is 0.805. The van der Waals surface area contributed by atoms with Crippen molar-refractivity contribution in [2.24, 2.45) is 0 Å². The van der Waals surface area contributed by atoms with E-state index in [0.29, 0.717) is 12.0 Å². The van der Waals surface area contributed by atoms with Gasteiger partial charge in [0, 0.05) is 24.6 Å². The monoisotopic (exact) mass is 249 g/mol. The lowest BCUT2D eigenvalue weighted by Crippen LogP contribution is -2.33. The van der Waals surface area contributed by atoms with Crippen molar-refractivity contribution in [3.63, 3.8) is 0 Å². The molecule has 18 heavy (non-hydrogen) atoms. The van der Waals surface area contributed by atoms with Gasteiger partial charge in [-0.25, -0.2) is 0 Å². The van der Waals surface area contributed by atoms with Crippen LogP contribution in [0.5, 0.6) is 5.75 Å². The lowest BCUT2D eigenvalue weighted by Gasteiger charge is -2.18. The van der Waals surface area contributed by atoms with Gasteiger partial charge in [0.25, 0.3) is 0 Å². The fourth-order valence-electron chi connectivity index (χ4n) is 2.60. The van der Waals surface area contributed by atoms with Crippen LogP contribution >= 0.6 is 0 Å². The zero-order valence-electron chi connectivity index (χ0n) is 11.3. The van der Waals surface area contributed by atoms with Gasteiger partial charge in [-0.05, 0) is 25.5 Å². The Kier molecular flexibility index (Phi) is 5.02. The maximum atomic E-state index is 5.71. The average molecular weight is 249 g/mol. The van der Waals surface area contributed by atoms with Crippen LogP contribution in [0.25, 0.3) is 0 Å². The SMILES string of the molecule is CCNC(CCC1COc2ccccc21)COC. The van der Waals surface area contributed by atoms with E-state index in [0.717, 1.165) is 38.3 Å². The van der Waals surface area contributed by atoms with Crippen LogP contribution in [0.15, 0.2) is 24.3 Å². The first-order chi connectivity index (χ1) is 8.85. The Labute approximate surface area is 109 Å². The summed E-state index contributed by atoms with van der Waals surface area (Å²) in [7, 11) is 1.76. The van der Waals surface area contributed by atoms with Crippen LogP contribution in [-0.4, -0.2) is 32.9 Å². The van der Waals surface area contributed by atoms with Gasteiger partial charge in [-0.3, -0.25) is 0 Å². The molecule has 0 saturated carbocycles. The Morgan fingerprint density at radius 2 is 2.28 bits per heavy atom. The third-order valence-corrected chi connectivity index (χ3v) is 3.52. The first-order valence-electron chi connectivity index (χ1n) is 6.79. The maximum absolute atomic E-state index is 5.71. The molecule has 0 radical (unpaired) electrons. The summed E-state index contributed by atoms with van der Waals surface area (Å²) in [5.74, 6) is 1.61. The molecular weight excluding hydrogens is 226 g/mol. The number of likely N-dealkylation sites (N-methyl/N-ethyl adjacent to an activating group) is 1. The van der Waals surface area contributed by atoms with Gasteiger partial charge in [-0.1, -0.05) is 25.1 Å². The predicted octanol–water partition coefficient (Wildman–Crippen LogP) is 2.57. The zero-order valence-corrected chi connectivity index (χ0v) is 11.3. The third-order valence-electron chi connectivity index (χ3n) is 3.52. The van der Waals surface area contributed by atoms with E-state index in [2.05, 4.69) is 30.4 Å². The molecule has 100 valence electrons. The van der Waals surface area contributed by atoms with Crippen LogP contribution in [0.2, 0.25) is 0 Å². The molecule has 2 rings (SSSR count). The van der Waals surface area contributed by atoms with E-state index in [1.165, 1.54) is 5.56 Å². The number of para-hydroxylation sites is 1. The second-order valence-corrected chi connectivity index (χ2v) is 4.83. The van der Waals surface area contributed by atoms with Crippen molar-refractivity contribution in [3.8, 4) is 5.75 Å². The zero-order chi connectivity index (χ0) is 12.8. The van der Waals surface area contributed by atoms with Crippen LogP contribution in [0.3, 0.4) is 0 Å². The standard InChI is InChI=1S/C15H23NO2/c1-3-16-13(11-17-2)9-8-12-10-18-15-7-5-4-6-14(12)15/h4-7,12-13,16H,3,8-11H2,1-2H3. The normalized spacial score (nSPS) is 19.3. The molecule has 1 aliphatic rings. The molecular formula is C15H23NO2. The van der Waals surface area contributed by atoms with Gasteiger partial charge in [0.2, 0.25) is 0 Å². The summed E-state index contributed by atoms with van der Waals surface area (Å²) < 4.78 is 11.0. The van der Waals surface area contributed by atoms with Gasteiger partial charge < -0.3 is 14.8 Å². The molecule has 1 aromatic carbocycles. The lowest BCUT2D eigenvalue weighted by molar-refractivity contribution is 0.160. The van der Waals surface area contributed by atoms with Crippen LogP contribution in [0.1, 0.15) is 31.2 Å². The van der Waals surface area contributed by atoms with E-state index >= 15 is 0 Å². The van der Waals surface area contributed by atoms with Crippen molar-refractivity contribution in [3.05, 3.63) is 29.8 Å². The first kappa shape index (κ1) is 13.4. The second-order valence-electron chi connectivity index (χ2n) is 4.83. The van der Waals surface area contributed by atoms with E-state index < -0.39 is 0 Å². The molecule has 0 aliphatic carbocycles. The van der Waals surface area contributed by atoms with Crippen molar-refractivity contribution in [1.82, 2.24) is 5.32 Å². The third kappa shape index (κ3) is 3.24. The first-order valence-corrected chi connectivity index (χ1v) is 6.79. The highest BCUT2D eigenvalue weighted by atomic mass is 16.5. The fraction of sp³-hybridized carbons (Fsp3) is 0.600. The number of nitrogens with one attached hydrogen (secondary N) is 1. The largest absolute Gasteiger partial charge is 0.493 e. The number of hydrogen-bond donors (Lipinski definition) is 1. The summed E-state index contributed by atoms with van der Waals surface area (Å²) in [6.07, 6.45) is 2.28. The van der Waals surface area contributed by atoms with Crippen LogP contribution in [0, 0.1) is 0 Å². The van der Waals surface area contributed by atoms with Gasteiger partial charge in [0.15, 0.2) is 0 Å². The molecule has 3 nitrogen and oxygen atoms in total. The van der Waals surface area contributed by atoms with Crippen molar-refractivity contribution >= 4 is 0 Å². The molecule has 1 heterocycles. The molecule has 2 unspecified atom stereocenters. The highest BCUT2D eigenvalue weighted by molar-refractivity contribution is 5.39. The van der Waals surface area contributed by atoms with E-state index in [9.17, 15) is 0 Å². The fourth-order valence-corrected chi connectivity index (χ4v) is 2.60. The van der Waals surface area contributed by atoms with Gasteiger partial charge in [0.05, 0.1) is 13.2 Å². The summed E-state index contributed by atoms with van der Waals surface area (Å²) in [6.45, 7) is 4.73. The van der Waals surface area contributed by atoms with Gasteiger partial charge >= 0.3 is 0 Å². The van der Waals surface area contributed by atoms with E-state index in [-0.39, 0.29) is 0 Å². The minimum absolute atomic E-state index is 0.452. The molecule has 1 N–H and O–H groups in total. The summed E-state index contributed by atoms with van der Waals surface area (Å²) in [4.78, 5) is 0. The molecule has 0 bridgehead atoms. The Morgan fingerprint density at radius 1 is 1.44 bits per heavy atom. The summed E-state index contributed by atoms with van der Waals surface area (Å²) >= 11 is 0. The highest BCUT2D eigenvalue weighted by Crippen LogP contribution is 2.36. The number of fused-ring (bicyclic) bond motifs is 1. The Hall–Kier alpha value is -1.06. The number of methoxy groups -OCH3 is 1. The van der Waals surface area contributed by atoms with Gasteiger partial charge in [-0.15, -0.1) is 0 Å². The number of rotatable bonds is 7. The summed E-state index contributed by atoms with van der Waals surface area (Å²) in [5.41, 5.74) is 1.37. The maximum Gasteiger partial charge on any atom is 0.122 e. The average Bonchev–Trinajstić information content (AvgIpc) is 2.80. The highest BCUT2D eigenvalue weighted by Gasteiger charge is 2.24. The Morgan fingerprint density at radius 3 is 3.06 bits per heavy atom. The van der Waals surface area contributed by atoms with Crippen molar-refractivity contribution < 1.29 is 9.47 Å². The topological polar surface area (TPSA) is 30.5 Å². The van der Waals surface area contributed by atoms with Crippen LogP contribution < -0.4 is 10.1 Å². The molecule has 1 aromatic rings. The van der Waals surface area contributed by atoms with Crippen molar-refractivity contribution in [2.75, 3.05) is 26.9 Å². The molecule has 0 saturated heterocycles. The predicted molar refractivity (Wildman–Crippen MR) is 73.3 cm³/mol. The van der Waals surface area contributed by atoms with E-state index in [1.807, 2.05) is 6.07 Å². The van der Waals surface area contributed by atoms with Crippen molar-refractivity contribution in [2.45, 2.75) is 31.7 Å². The van der Waals surface area contributed by atoms with E-state index in [1.54, 1.807) is 7.11 Å². The molecule has 0 fully saturated rings. The molecule has 0 aromatic heterocycles. The second kappa shape index (κ2) is 6.76.